The van der Waals surface area contributed by atoms with Crippen molar-refractivity contribution in [3.8, 4) is 0 Å². The summed E-state index contributed by atoms with van der Waals surface area (Å²) in [5.41, 5.74) is 0. The SMILES string of the molecule is OCC1CCCN1Cc1ncccn1. The molecule has 0 aliphatic carbocycles. The van der Waals surface area contributed by atoms with Crippen LogP contribution in [-0.2, 0) is 6.54 Å². The summed E-state index contributed by atoms with van der Waals surface area (Å²) >= 11 is 0. The summed E-state index contributed by atoms with van der Waals surface area (Å²) in [4.78, 5) is 10.6. The lowest BCUT2D eigenvalue weighted by Crippen LogP contribution is -2.32. The van der Waals surface area contributed by atoms with E-state index in [9.17, 15) is 0 Å². The minimum atomic E-state index is 0.243. The summed E-state index contributed by atoms with van der Waals surface area (Å²) in [5, 5.41) is 9.13. The zero-order valence-electron chi connectivity index (χ0n) is 8.13. The summed E-state index contributed by atoms with van der Waals surface area (Å²) < 4.78 is 0. The third-order valence-electron chi connectivity index (χ3n) is 2.67. The molecule has 1 atom stereocenters. The highest BCUT2D eigenvalue weighted by molar-refractivity contribution is 4.90. The Bertz CT molecular complexity index is 278. The average molecular weight is 193 g/mol. The quantitative estimate of drug-likeness (QED) is 0.756. The molecule has 0 aromatic carbocycles. The number of rotatable bonds is 3. The van der Waals surface area contributed by atoms with Crippen LogP contribution in [-0.4, -0.2) is 39.2 Å². The second-order valence-electron chi connectivity index (χ2n) is 3.61. The van der Waals surface area contributed by atoms with Crippen LogP contribution in [0.3, 0.4) is 0 Å². The first-order valence-electron chi connectivity index (χ1n) is 5.01. The zero-order valence-corrected chi connectivity index (χ0v) is 8.13. The highest BCUT2D eigenvalue weighted by atomic mass is 16.3. The molecule has 0 bridgehead atoms. The summed E-state index contributed by atoms with van der Waals surface area (Å²) in [7, 11) is 0. The van der Waals surface area contributed by atoms with Crippen LogP contribution >= 0.6 is 0 Å². The Balaban J connectivity index is 1.97. The van der Waals surface area contributed by atoms with Crippen molar-refractivity contribution in [3.63, 3.8) is 0 Å². The predicted molar refractivity (Wildman–Crippen MR) is 52.5 cm³/mol. The van der Waals surface area contributed by atoms with E-state index in [-0.39, 0.29) is 6.61 Å². The molecule has 4 heteroatoms. The number of hydrogen-bond donors (Lipinski definition) is 1. The van der Waals surface area contributed by atoms with Crippen LogP contribution in [0.5, 0.6) is 0 Å². The van der Waals surface area contributed by atoms with Crippen molar-refractivity contribution >= 4 is 0 Å². The Morgan fingerprint density at radius 3 is 2.93 bits per heavy atom. The third kappa shape index (κ3) is 2.08. The molecule has 4 nitrogen and oxygen atoms in total. The van der Waals surface area contributed by atoms with E-state index in [1.54, 1.807) is 12.4 Å². The minimum Gasteiger partial charge on any atom is -0.395 e. The van der Waals surface area contributed by atoms with Gasteiger partial charge in [-0.15, -0.1) is 0 Å². The van der Waals surface area contributed by atoms with Crippen molar-refractivity contribution in [3.05, 3.63) is 24.3 Å². The van der Waals surface area contributed by atoms with E-state index in [4.69, 9.17) is 5.11 Å². The van der Waals surface area contributed by atoms with Gasteiger partial charge in [0.15, 0.2) is 0 Å². The summed E-state index contributed by atoms with van der Waals surface area (Å²) in [6.07, 6.45) is 5.76. The molecular weight excluding hydrogens is 178 g/mol. The molecule has 0 spiro atoms. The second kappa shape index (κ2) is 4.48. The standard InChI is InChI=1S/C10H15N3O/c14-8-9-3-1-6-13(9)7-10-11-4-2-5-12-10/h2,4-5,9,14H,1,3,6-8H2. The highest BCUT2D eigenvalue weighted by Crippen LogP contribution is 2.17. The minimum absolute atomic E-state index is 0.243. The maximum absolute atomic E-state index is 9.13. The van der Waals surface area contributed by atoms with Gasteiger partial charge in [-0.3, -0.25) is 4.90 Å². The average Bonchev–Trinajstić information content (AvgIpc) is 2.67. The van der Waals surface area contributed by atoms with E-state index in [1.165, 1.54) is 0 Å². The Kier molecular flexibility index (Phi) is 3.06. The summed E-state index contributed by atoms with van der Waals surface area (Å²) in [6.45, 7) is 2.04. The van der Waals surface area contributed by atoms with Crippen LogP contribution in [0.2, 0.25) is 0 Å². The van der Waals surface area contributed by atoms with E-state index < -0.39 is 0 Å². The largest absolute Gasteiger partial charge is 0.395 e. The van der Waals surface area contributed by atoms with E-state index in [0.29, 0.717) is 6.04 Å². The molecule has 1 aliphatic heterocycles. The van der Waals surface area contributed by atoms with Gasteiger partial charge in [0.2, 0.25) is 0 Å². The van der Waals surface area contributed by atoms with Crippen molar-refractivity contribution in [1.29, 1.82) is 0 Å². The number of likely N-dealkylation sites (tertiary alicyclic amines) is 1. The highest BCUT2D eigenvalue weighted by Gasteiger charge is 2.23. The topological polar surface area (TPSA) is 49.2 Å². The molecule has 1 N–H and O–H groups in total. The molecule has 0 radical (unpaired) electrons. The lowest BCUT2D eigenvalue weighted by atomic mass is 10.2. The zero-order chi connectivity index (χ0) is 9.80. The Morgan fingerprint density at radius 1 is 1.43 bits per heavy atom. The first-order valence-corrected chi connectivity index (χ1v) is 5.01. The van der Waals surface area contributed by atoms with Crippen molar-refractivity contribution in [1.82, 2.24) is 14.9 Å². The van der Waals surface area contributed by atoms with Gasteiger partial charge >= 0.3 is 0 Å². The van der Waals surface area contributed by atoms with Crippen LogP contribution in [0, 0.1) is 0 Å². The molecule has 2 heterocycles. The molecular formula is C10H15N3O. The maximum atomic E-state index is 9.13. The molecule has 1 aromatic rings. The van der Waals surface area contributed by atoms with Crippen LogP contribution in [0.1, 0.15) is 18.7 Å². The monoisotopic (exact) mass is 193 g/mol. The van der Waals surface area contributed by atoms with Gasteiger partial charge in [0.25, 0.3) is 0 Å². The predicted octanol–water partition coefficient (Wildman–Crippen LogP) is 0.433. The van der Waals surface area contributed by atoms with Crippen molar-refractivity contribution in [2.75, 3.05) is 13.2 Å². The van der Waals surface area contributed by atoms with Crippen LogP contribution in [0.15, 0.2) is 18.5 Å². The maximum Gasteiger partial charge on any atom is 0.142 e. The van der Waals surface area contributed by atoms with E-state index in [1.807, 2.05) is 6.07 Å². The number of nitrogens with zero attached hydrogens (tertiary/aromatic N) is 3. The van der Waals surface area contributed by atoms with Crippen LogP contribution < -0.4 is 0 Å². The fraction of sp³-hybridized carbons (Fsp3) is 0.600. The van der Waals surface area contributed by atoms with Crippen LogP contribution in [0.4, 0.5) is 0 Å². The van der Waals surface area contributed by atoms with Gasteiger partial charge in [0, 0.05) is 18.4 Å². The number of hydrogen-bond acceptors (Lipinski definition) is 4. The number of aromatic nitrogens is 2. The first kappa shape index (κ1) is 9.55. The van der Waals surface area contributed by atoms with Crippen molar-refractivity contribution < 1.29 is 5.11 Å². The summed E-state index contributed by atoms with van der Waals surface area (Å²) in [6, 6.07) is 2.12. The third-order valence-corrected chi connectivity index (χ3v) is 2.67. The second-order valence-corrected chi connectivity index (χ2v) is 3.61. The van der Waals surface area contributed by atoms with Crippen molar-refractivity contribution in [2.45, 2.75) is 25.4 Å². The normalized spacial score (nSPS) is 22.8. The molecule has 1 unspecified atom stereocenters. The lowest BCUT2D eigenvalue weighted by Gasteiger charge is -2.21. The molecule has 76 valence electrons. The van der Waals surface area contributed by atoms with Crippen LogP contribution in [0.25, 0.3) is 0 Å². The Morgan fingerprint density at radius 2 is 2.21 bits per heavy atom. The number of aliphatic hydroxyl groups is 1. The van der Waals surface area contributed by atoms with Gasteiger partial charge in [-0.25, -0.2) is 9.97 Å². The molecule has 2 rings (SSSR count). The Labute approximate surface area is 83.6 Å². The fourth-order valence-corrected chi connectivity index (χ4v) is 1.90. The molecule has 1 saturated heterocycles. The van der Waals surface area contributed by atoms with Gasteiger partial charge < -0.3 is 5.11 Å². The lowest BCUT2D eigenvalue weighted by molar-refractivity contribution is 0.151. The van der Waals surface area contributed by atoms with Gasteiger partial charge in [0.05, 0.1) is 13.2 Å². The molecule has 14 heavy (non-hydrogen) atoms. The molecule has 1 aliphatic rings. The smallest absolute Gasteiger partial charge is 0.142 e. The molecule has 0 amide bonds. The number of aliphatic hydroxyl groups excluding tert-OH is 1. The first-order chi connectivity index (χ1) is 6.90. The van der Waals surface area contributed by atoms with Gasteiger partial charge in [-0.05, 0) is 25.5 Å². The molecule has 1 aromatic heterocycles. The summed E-state index contributed by atoms with van der Waals surface area (Å²) in [5.74, 6) is 0.841. The van der Waals surface area contributed by atoms with E-state index >= 15 is 0 Å². The van der Waals surface area contributed by atoms with Gasteiger partial charge in [-0.1, -0.05) is 0 Å². The van der Waals surface area contributed by atoms with Crippen molar-refractivity contribution in [2.24, 2.45) is 0 Å². The molecule has 0 saturated carbocycles. The van der Waals surface area contributed by atoms with E-state index in [0.717, 1.165) is 31.8 Å². The van der Waals surface area contributed by atoms with Gasteiger partial charge in [0.1, 0.15) is 5.82 Å². The van der Waals surface area contributed by atoms with Gasteiger partial charge in [-0.2, -0.15) is 0 Å². The Hall–Kier alpha value is -1.00. The van der Waals surface area contributed by atoms with E-state index in [2.05, 4.69) is 14.9 Å². The fourth-order valence-electron chi connectivity index (χ4n) is 1.90. The molecule has 1 fully saturated rings.